The van der Waals surface area contributed by atoms with Crippen molar-refractivity contribution in [3.63, 3.8) is 0 Å². The molecule has 6 nitrogen and oxygen atoms in total. The maximum atomic E-state index is 13.2. The zero-order valence-electron chi connectivity index (χ0n) is 38.7. The summed E-state index contributed by atoms with van der Waals surface area (Å²) in [6.45, 7) is 6.45. The third-order valence-corrected chi connectivity index (χ3v) is 11.5. The Morgan fingerprint density at radius 3 is 1.34 bits per heavy atom. The molecule has 0 saturated heterocycles. The van der Waals surface area contributed by atoms with Gasteiger partial charge in [-0.1, -0.05) is 211 Å². The molecule has 0 aromatic rings. The number of hydrogen-bond donors (Lipinski definition) is 3. The Labute approximate surface area is 360 Å². The van der Waals surface area contributed by atoms with Crippen molar-refractivity contribution in [3.8, 4) is 0 Å². The molecule has 0 aromatic carbocycles. The molecule has 0 aliphatic heterocycles. The summed E-state index contributed by atoms with van der Waals surface area (Å²) in [5.41, 5.74) is 0. The van der Waals surface area contributed by atoms with Crippen LogP contribution in [0.4, 0.5) is 0 Å². The van der Waals surface area contributed by atoms with E-state index in [1.165, 1.54) is 141 Å². The number of esters is 1. The summed E-state index contributed by atoms with van der Waals surface area (Å²) in [6, 6.07) is -0.713. The Bertz CT molecular complexity index is 961. The molecule has 0 aliphatic rings. The molecule has 3 unspecified atom stereocenters. The molecule has 3 N–H and O–H groups in total. The lowest BCUT2D eigenvalue weighted by atomic mass is 10.0. The predicted octanol–water partition coefficient (Wildman–Crippen LogP) is 14.9. The average molecular weight is 816 g/mol. The van der Waals surface area contributed by atoms with Crippen LogP contribution in [-0.4, -0.2) is 46.9 Å². The Kier molecular flexibility index (Phi) is 44.6. The number of carbonyl (C=O) groups excluding carboxylic acids is 2. The van der Waals surface area contributed by atoms with E-state index in [-0.39, 0.29) is 31.3 Å². The van der Waals surface area contributed by atoms with Crippen LogP contribution in [0.15, 0.2) is 36.5 Å². The minimum absolute atomic E-state index is 0.0467. The highest BCUT2D eigenvalue weighted by Gasteiger charge is 2.24. The van der Waals surface area contributed by atoms with Crippen LogP contribution < -0.4 is 5.32 Å². The molecule has 0 fully saturated rings. The van der Waals surface area contributed by atoms with Crippen molar-refractivity contribution in [1.82, 2.24) is 5.32 Å². The number of hydrogen-bond acceptors (Lipinski definition) is 5. The largest absolute Gasteiger partial charge is 0.462 e. The van der Waals surface area contributed by atoms with Crippen LogP contribution in [0.5, 0.6) is 0 Å². The molecule has 58 heavy (non-hydrogen) atoms. The maximum absolute atomic E-state index is 13.2. The first-order valence-electron chi connectivity index (χ1n) is 25.2. The van der Waals surface area contributed by atoms with E-state index in [0.29, 0.717) is 19.3 Å². The second kappa shape index (κ2) is 46.2. The molecule has 0 aromatic heterocycles. The number of carbonyl (C=O) groups is 2. The molecule has 0 radical (unpaired) electrons. The smallest absolute Gasteiger partial charge is 0.306 e. The minimum Gasteiger partial charge on any atom is -0.462 e. The number of rotatable bonds is 45. The van der Waals surface area contributed by atoms with E-state index in [1.54, 1.807) is 0 Å². The first-order chi connectivity index (χ1) is 28.5. The van der Waals surface area contributed by atoms with Gasteiger partial charge in [-0.25, -0.2) is 0 Å². The number of nitrogens with one attached hydrogen (secondary N) is 1. The van der Waals surface area contributed by atoms with Crippen LogP contribution in [0.2, 0.25) is 0 Å². The van der Waals surface area contributed by atoms with Crippen LogP contribution in [0, 0.1) is 0 Å². The number of ether oxygens (including phenoxy) is 1. The lowest BCUT2D eigenvalue weighted by Gasteiger charge is -2.24. The second-order valence-electron chi connectivity index (χ2n) is 17.2. The Hall–Kier alpha value is -1.92. The highest BCUT2D eigenvalue weighted by atomic mass is 16.5. The Morgan fingerprint density at radius 1 is 0.500 bits per heavy atom. The van der Waals surface area contributed by atoms with E-state index in [1.807, 2.05) is 6.08 Å². The molecule has 340 valence electrons. The molecule has 6 heteroatoms. The quantitative estimate of drug-likeness (QED) is 0.0323. The summed E-state index contributed by atoms with van der Waals surface area (Å²) < 4.78 is 5.88. The van der Waals surface area contributed by atoms with Crippen molar-refractivity contribution in [1.29, 1.82) is 0 Å². The van der Waals surface area contributed by atoms with Gasteiger partial charge in [0, 0.05) is 6.42 Å². The lowest BCUT2D eigenvalue weighted by Crippen LogP contribution is -2.46. The van der Waals surface area contributed by atoms with Gasteiger partial charge in [-0.2, -0.15) is 0 Å². The van der Waals surface area contributed by atoms with E-state index in [4.69, 9.17) is 4.74 Å². The summed E-state index contributed by atoms with van der Waals surface area (Å²) in [5, 5.41) is 23.7. The van der Waals surface area contributed by atoms with Crippen molar-refractivity contribution >= 4 is 11.9 Å². The Morgan fingerprint density at radius 2 is 0.879 bits per heavy atom. The lowest BCUT2D eigenvalue weighted by molar-refractivity contribution is -0.150. The van der Waals surface area contributed by atoms with Gasteiger partial charge in [-0.15, -0.1) is 0 Å². The van der Waals surface area contributed by atoms with Gasteiger partial charge in [0.1, 0.15) is 6.10 Å². The summed E-state index contributed by atoms with van der Waals surface area (Å²) in [4.78, 5) is 26.0. The highest BCUT2D eigenvalue weighted by molar-refractivity contribution is 5.77. The van der Waals surface area contributed by atoms with Gasteiger partial charge in [0.15, 0.2) is 0 Å². The van der Waals surface area contributed by atoms with Gasteiger partial charge in [-0.3, -0.25) is 9.59 Å². The first kappa shape index (κ1) is 56.1. The number of amides is 1. The SMILES string of the molecule is CCCCCCCC/C=C\C/C=C/CCC(=O)OC(CCCCC/C=C/CCCCCCCCCCC)CC(=O)NC(CO)C(O)CCCCCCCCCCCC. The van der Waals surface area contributed by atoms with Crippen LogP contribution in [0.25, 0.3) is 0 Å². The number of unbranched alkanes of at least 4 members (excludes halogenated alkanes) is 27. The van der Waals surface area contributed by atoms with E-state index in [0.717, 1.165) is 64.2 Å². The molecular weight excluding hydrogens is 719 g/mol. The van der Waals surface area contributed by atoms with Crippen LogP contribution in [0.1, 0.15) is 258 Å². The van der Waals surface area contributed by atoms with Crippen molar-refractivity contribution in [3.05, 3.63) is 36.5 Å². The molecule has 0 saturated carbocycles. The van der Waals surface area contributed by atoms with Gasteiger partial charge < -0.3 is 20.3 Å². The zero-order chi connectivity index (χ0) is 42.4. The summed E-state index contributed by atoms with van der Waals surface area (Å²) in [5.74, 6) is -0.564. The summed E-state index contributed by atoms with van der Waals surface area (Å²) >= 11 is 0. The third-order valence-electron chi connectivity index (χ3n) is 11.5. The van der Waals surface area contributed by atoms with Crippen LogP contribution in [-0.2, 0) is 14.3 Å². The zero-order valence-corrected chi connectivity index (χ0v) is 38.7. The summed E-state index contributed by atoms with van der Waals surface area (Å²) in [7, 11) is 0. The molecule has 0 heterocycles. The average Bonchev–Trinajstić information content (AvgIpc) is 3.22. The van der Waals surface area contributed by atoms with Gasteiger partial charge in [0.05, 0.1) is 25.2 Å². The van der Waals surface area contributed by atoms with Gasteiger partial charge in [-0.05, 0) is 70.6 Å². The normalized spacial score (nSPS) is 13.5. The van der Waals surface area contributed by atoms with E-state index >= 15 is 0 Å². The molecular formula is C52H97NO5. The number of allylic oxidation sites excluding steroid dienone is 6. The van der Waals surface area contributed by atoms with Crippen molar-refractivity contribution in [2.24, 2.45) is 0 Å². The van der Waals surface area contributed by atoms with Crippen molar-refractivity contribution in [2.45, 2.75) is 277 Å². The van der Waals surface area contributed by atoms with Gasteiger partial charge in [0.25, 0.3) is 0 Å². The number of aliphatic hydroxyl groups is 2. The second-order valence-corrected chi connectivity index (χ2v) is 17.2. The molecule has 1 amide bonds. The number of aliphatic hydroxyl groups excluding tert-OH is 2. The van der Waals surface area contributed by atoms with Crippen molar-refractivity contribution in [2.75, 3.05) is 6.61 Å². The molecule has 0 aliphatic carbocycles. The van der Waals surface area contributed by atoms with Crippen LogP contribution >= 0.6 is 0 Å². The Balaban J connectivity index is 4.67. The molecule has 0 bridgehead atoms. The van der Waals surface area contributed by atoms with Crippen LogP contribution in [0.3, 0.4) is 0 Å². The fourth-order valence-corrected chi connectivity index (χ4v) is 7.60. The first-order valence-corrected chi connectivity index (χ1v) is 25.2. The van der Waals surface area contributed by atoms with Gasteiger partial charge >= 0.3 is 5.97 Å². The third kappa shape index (κ3) is 40.8. The molecule has 0 rings (SSSR count). The monoisotopic (exact) mass is 816 g/mol. The molecule has 3 atom stereocenters. The van der Waals surface area contributed by atoms with Gasteiger partial charge in [0.2, 0.25) is 5.91 Å². The highest BCUT2D eigenvalue weighted by Crippen LogP contribution is 2.17. The summed E-state index contributed by atoms with van der Waals surface area (Å²) in [6.07, 6.45) is 53.6. The van der Waals surface area contributed by atoms with Crippen molar-refractivity contribution < 1.29 is 24.5 Å². The predicted molar refractivity (Wildman–Crippen MR) is 250 cm³/mol. The van der Waals surface area contributed by atoms with E-state index < -0.39 is 18.2 Å². The van der Waals surface area contributed by atoms with E-state index in [9.17, 15) is 19.8 Å². The topological polar surface area (TPSA) is 95.9 Å². The standard InChI is InChI=1S/C52H97NO5/c1-4-7-10-13-16-19-22-24-25-26-28-29-31-34-37-40-43-48(58-52(57)45-42-39-36-33-30-27-23-20-17-14-11-8-5-2)46-51(56)53-49(47-54)50(55)44-41-38-35-32-21-18-15-12-9-6-3/h27-30,36,39,48-50,54-55H,4-26,31-35,37-38,40-47H2,1-3H3,(H,53,56)/b29-28+,30-27-,39-36+. The minimum atomic E-state index is -0.797. The fraction of sp³-hybridized carbons (Fsp3) is 0.846. The maximum Gasteiger partial charge on any atom is 0.306 e. The molecule has 0 spiro atoms. The fourth-order valence-electron chi connectivity index (χ4n) is 7.60. The van der Waals surface area contributed by atoms with E-state index in [2.05, 4.69) is 56.5 Å².